The first-order chi connectivity index (χ1) is 42.5. The molecular weight excluding hydrogens is 1950 g/mol. The van der Waals surface area contributed by atoms with Gasteiger partial charge >= 0.3 is 384 Å². The molecule has 4 aliphatic rings. The summed E-state index contributed by atoms with van der Waals surface area (Å²) in [6.45, 7) is -6.76. The van der Waals surface area contributed by atoms with Crippen molar-refractivity contribution in [1.82, 2.24) is 0 Å². The summed E-state index contributed by atoms with van der Waals surface area (Å²) in [5, 5.41) is 0. The third-order valence-electron chi connectivity index (χ3n) is 10.8. The van der Waals surface area contributed by atoms with E-state index in [1.165, 1.54) is 0 Å². The van der Waals surface area contributed by atoms with Gasteiger partial charge in [-0.1, -0.05) is 0 Å². The van der Waals surface area contributed by atoms with Gasteiger partial charge < -0.3 is 92.3 Å². The molecule has 20 atom stereocenters. The molecule has 0 unspecified atom stereocenters. The molecule has 4 rings (SSSR count). The van der Waals surface area contributed by atoms with E-state index in [1.807, 2.05) is 0 Å². The minimum atomic E-state index is -7.08. The van der Waals surface area contributed by atoms with E-state index in [1.54, 1.807) is 0 Å². The molecule has 0 N–H and O–H groups in total. The second kappa shape index (κ2) is 56.0. The van der Waals surface area contributed by atoms with Gasteiger partial charge in [0.25, 0.3) is 0 Å². The fourth-order valence-electron chi connectivity index (χ4n) is 8.13. The van der Waals surface area contributed by atoms with Crippen LogP contribution in [0.5, 0.6) is 0 Å². The molecule has 4 fully saturated rings. The first kappa shape index (κ1) is 140. The summed E-state index contributed by atoms with van der Waals surface area (Å²) < 4.78 is 555. The van der Waals surface area contributed by atoms with E-state index < -0.39 is 278 Å². The topological polar surface area (TPSA) is 928 Å². The normalized spacial score (nSPS) is 29.4. The number of hydrogen-bond donors (Lipinski definition) is 0. The van der Waals surface area contributed by atoms with Crippen molar-refractivity contribution in [3.8, 4) is 0 Å². The van der Waals surface area contributed by atoms with Gasteiger partial charge in [-0.2, -0.15) is 0 Å². The molecular formula is C24H29Na13O59S13. The minimum absolute atomic E-state index is 0. The minimum Gasteiger partial charge on any atom is -0.726 e. The number of hydrogen-bond acceptors (Lipinski definition) is 59. The van der Waals surface area contributed by atoms with Gasteiger partial charge in [0.1, 0.15) is 67.1 Å². The van der Waals surface area contributed by atoms with Crippen LogP contribution in [-0.2, 0) is 223 Å². The standard InChI is InChI=1S/C24H42O59S13.13Na/c1-5-9(73-86(31,32)33)13(76-89(40,41)42)17(80-93(52,53)54)21(67-5)64-2-6-11(74-87(34,35)36)15(78-91(46,47)48)19(82-95(58,59)60)22(68-6)71-10-7(3-65-84(25,26)27)69-23(18(81-94(55,56)57)14(10)77-90(43,44)45)72-24-20(83-96(61,62)63)16(79-92(49,50)51)12(75-88(37,38)39)8(70-24)4-66-85(28,29)30;;;;;;;;;;;;;/h5-24H,2-4H2,1H3,(H,25,26,27)(H,28,29,30)(H,31,32,33)(H,34,35,36)(H,37,38,39)(H,40,41,42)(H,43,44,45)(H,46,47,48)(H,49,50,51)(H,52,53,54)(H,55,56,57)(H,58,59,60)(H,61,62,63);;;;;;;;;;;;;/q;13*+1/p-13/t5-,6-,7-,8-,9-,10+,11+,12-,13-,14-,15-,16-,17+,18-,19-,20-,21+,22-,23+,24+;;;;;;;;;;;;;/m0............./s1. The molecule has 0 aliphatic carbocycles. The van der Waals surface area contributed by atoms with Crippen molar-refractivity contribution in [3.63, 3.8) is 0 Å². The van der Waals surface area contributed by atoms with Gasteiger partial charge in [0.15, 0.2) is 49.6 Å². The molecule has 0 aromatic carbocycles. The van der Waals surface area contributed by atoms with Crippen LogP contribution in [0.4, 0.5) is 0 Å². The smallest absolute Gasteiger partial charge is 0.726 e. The SMILES string of the molecule is C[C@@H]1O[C@@H](OC[C@@H]2O[C@@H](O[C@H]3[C@H](OS(=O)(=O)[O-])[C@H](OS(=O)(=O)[O-])[C@@H](O[C@H]4O[C@@H](COS(=O)(=O)[O-])[C@H](OS(=O)(=O)[O-])[C@H](OS(=O)(=O)[O-])[C@@H]4OS(=O)(=O)[O-])O[C@H]3COS(=O)(=O)[O-])[C@@H](OS(=O)(=O)[O-])[C@@H](OS(=O)(=O)[O-])[C@@H]2OS(=O)(=O)[O-])[C@H](OS(=O)(=O)[O-])[C@@H](OS(=O)(=O)[O-])[C@H]1OS(=O)(=O)[O-].[Na+].[Na+].[Na+].[Na+].[Na+].[Na+].[Na+].[Na+].[Na+].[Na+].[Na+].[Na+].[Na+]. The van der Waals surface area contributed by atoms with Crippen LogP contribution in [0.25, 0.3) is 0 Å². The zero-order valence-corrected chi connectivity index (χ0v) is 93.7. The Kier molecular flexibility index (Phi) is 72.2. The van der Waals surface area contributed by atoms with Crippen LogP contribution in [0.3, 0.4) is 0 Å². The second-order valence-corrected chi connectivity index (χ2v) is 30.7. The maximum absolute atomic E-state index is 12.5. The van der Waals surface area contributed by atoms with Gasteiger partial charge in [0.2, 0.25) is 135 Å². The average Bonchev–Trinajstić information content (AvgIpc) is 0.760. The molecule has 0 saturated carbocycles. The Morgan fingerprint density at radius 1 is 0.211 bits per heavy atom. The van der Waals surface area contributed by atoms with Crippen molar-refractivity contribution in [2.45, 2.75) is 130 Å². The van der Waals surface area contributed by atoms with Crippen LogP contribution in [0.1, 0.15) is 6.92 Å². The van der Waals surface area contributed by atoms with Crippen molar-refractivity contribution in [2.24, 2.45) is 0 Å². The summed E-state index contributed by atoms with van der Waals surface area (Å²) in [5.41, 5.74) is 0. The molecule has 85 heteroatoms. The Labute approximate surface area is 907 Å². The van der Waals surface area contributed by atoms with E-state index in [0.29, 0.717) is 6.92 Å². The average molecular weight is 1980 g/mol. The predicted octanol–water partition coefficient (Wildman–Crippen LogP) is -54.4. The van der Waals surface area contributed by atoms with Gasteiger partial charge in [-0.05, 0) is 6.92 Å². The first-order valence-electron chi connectivity index (χ1n) is 22.3. The van der Waals surface area contributed by atoms with Crippen LogP contribution in [0.15, 0.2) is 0 Å². The third-order valence-corrected chi connectivity index (χ3v) is 16.6. The van der Waals surface area contributed by atoms with E-state index in [0.717, 1.165) is 0 Å². The van der Waals surface area contributed by atoms with E-state index >= 15 is 0 Å². The van der Waals surface area contributed by atoms with Gasteiger partial charge in [-0.3, -0.25) is 54.4 Å². The predicted molar refractivity (Wildman–Crippen MR) is 244 cm³/mol. The Bertz CT molecular complexity index is 4360. The van der Waals surface area contributed by atoms with E-state index in [-0.39, 0.29) is 384 Å². The van der Waals surface area contributed by atoms with Crippen LogP contribution >= 0.6 is 0 Å². The van der Waals surface area contributed by atoms with E-state index in [4.69, 9.17) is 33.2 Å². The molecule has 0 bridgehead atoms. The van der Waals surface area contributed by atoms with Crippen LogP contribution in [0, 0.1) is 0 Å². The zero-order valence-electron chi connectivity index (χ0n) is 57.1. The fourth-order valence-corrected chi connectivity index (χ4v) is 14.1. The molecule has 4 aliphatic heterocycles. The van der Waals surface area contributed by atoms with Gasteiger partial charge in [0.05, 0.1) is 25.9 Å². The van der Waals surface area contributed by atoms with E-state index in [9.17, 15) is 169 Å². The molecule has 570 valence electrons. The Hall–Kier alpha value is 11.0. The molecule has 0 spiro atoms. The molecule has 0 aromatic heterocycles. The van der Waals surface area contributed by atoms with Crippen LogP contribution in [0.2, 0.25) is 0 Å². The Balaban J connectivity index is -0.000000942. The zero-order chi connectivity index (χ0) is 74.3. The number of ether oxygens (including phenoxy) is 7. The summed E-state index contributed by atoms with van der Waals surface area (Å²) >= 11 is 0. The summed E-state index contributed by atoms with van der Waals surface area (Å²) in [6.07, 6.45) is -73.1. The second-order valence-electron chi connectivity index (χ2n) is 17.5. The molecule has 0 amide bonds. The maximum Gasteiger partial charge on any atom is 1.00 e. The summed E-state index contributed by atoms with van der Waals surface area (Å²) in [4.78, 5) is 0. The van der Waals surface area contributed by atoms with Crippen LogP contribution in [-0.4, -0.2) is 311 Å². The first-order valence-corrected chi connectivity index (χ1v) is 39.7. The molecule has 59 nitrogen and oxygen atoms in total. The summed E-state index contributed by atoms with van der Waals surface area (Å²) in [5.74, 6) is 0. The summed E-state index contributed by atoms with van der Waals surface area (Å²) in [7, 11) is -87.3. The molecule has 4 heterocycles. The van der Waals surface area contributed by atoms with Crippen molar-refractivity contribution in [2.75, 3.05) is 19.8 Å². The fraction of sp³-hybridized carbons (Fsp3) is 1.00. The molecule has 4 saturated heterocycles. The van der Waals surface area contributed by atoms with Gasteiger partial charge in [-0.25, -0.2) is 109 Å². The number of rotatable bonds is 35. The van der Waals surface area contributed by atoms with Crippen LogP contribution < -0.4 is 384 Å². The van der Waals surface area contributed by atoms with Crippen molar-refractivity contribution < 1.29 is 640 Å². The quantitative estimate of drug-likeness (QED) is 0.0323. The largest absolute Gasteiger partial charge is 1.00 e. The van der Waals surface area contributed by atoms with Crippen molar-refractivity contribution in [3.05, 3.63) is 0 Å². The van der Waals surface area contributed by atoms with E-state index in [2.05, 4.69) is 54.4 Å². The third kappa shape index (κ3) is 55.7. The Morgan fingerprint density at radius 3 is 0.642 bits per heavy atom. The molecule has 0 aromatic rings. The molecule has 0 radical (unpaired) electrons. The Morgan fingerprint density at radius 2 is 0.394 bits per heavy atom. The maximum atomic E-state index is 12.5. The van der Waals surface area contributed by atoms with Crippen molar-refractivity contribution >= 4 is 135 Å². The molecule has 109 heavy (non-hydrogen) atoms. The van der Waals surface area contributed by atoms with Gasteiger partial charge in [0, 0.05) is 0 Å². The van der Waals surface area contributed by atoms with Gasteiger partial charge in [-0.15, -0.1) is 0 Å². The van der Waals surface area contributed by atoms with Crippen molar-refractivity contribution in [1.29, 1.82) is 0 Å². The monoisotopic (exact) mass is 1980 g/mol. The summed E-state index contributed by atoms with van der Waals surface area (Å²) in [6, 6.07) is 0.